The summed E-state index contributed by atoms with van der Waals surface area (Å²) in [5.41, 5.74) is 0.622. The van der Waals surface area contributed by atoms with Gasteiger partial charge in [-0.3, -0.25) is 14.4 Å². The Kier molecular flexibility index (Phi) is 7.70. The topological polar surface area (TPSA) is 114 Å². The summed E-state index contributed by atoms with van der Waals surface area (Å²) >= 11 is 1.31. The Hall–Kier alpha value is -3.20. The van der Waals surface area contributed by atoms with Crippen molar-refractivity contribution in [2.75, 3.05) is 18.5 Å². The van der Waals surface area contributed by atoms with Crippen LogP contribution in [-0.4, -0.2) is 42.9 Å². The predicted octanol–water partition coefficient (Wildman–Crippen LogP) is 1.80. The molecule has 0 spiro atoms. The van der Waals surface area contributed by atoms with Crippen LogP contribution in [-0.2, 0) is 14.3 Å². The van der Waals surface area contributed by atoms with Crippen molar-refractivity contribution >= 4 is 40.7 Å². The van der Waals surface area contributed by atoms with Gasteiger partial charge in [0.1, 0.15) is 0 Å². The lowest BCUT2D eigenvalue weighted by Gasteiger charge is -2.10. The van der Waals surface area contributed by atoms with Crippen molar-refractivity contribution in [3.8, 4) is 0 Å². The number of carbonyl (C=O) groups is 4. The summed E-state index contributed by atoms with van der Waals surface area (Å²) in [6.45, 7) is 2.90. The Labute approximate surface area is 166 Å². The number of nitrogens with one attached hydrogen (secondary N) is 3. The molecule has 3 amide bonds. The van der Waals surface area contributed by atoms with E-state index in [1.54, 1.807) is 43.5 Å². The zero-order valence-electron chi connectivity index (χ0n) is 15.5. The van der Waals surface area contributed by atoms with E-state index < -0.39 is 18.5 Å². The number of esters is 1. The molecule has 0 saturated carbocycles. The standard InChI is InChI=1S/C19H21N3O5S/c1-12(2)21-16(23)10-20-17(24)11-27-19(26)13-5-3-6-14(9-13)22-18(25)15-7-4-8-28-15/h3-9,12H,10-11H2,1-2H3,(H,20,24)(H,21,23)(H,22,25). The van der Waals surface area contributed by atoms with Crippen molar-refractivity contribution in [1.82, 2.24) is 10.6 Å². The molecule has 148 valence electrons. The SMILES string of the molecule is CC(C)NC(=O)CNC(=O)COC(=O)c1cccc(NC(=O)c2cccs2)c1. The van der Waals surface area contributed by atoms with Gasteiger partial charge >= 0.3 is 5.97 Å². The van der Waals surface area contributed by atoms with Gasteiger partial charge in [0.05, 0.1) is 17.0 Å². The maximum atomic E-state index is 12.1. The first kappa shape index (κ1) is 21.1. The van der Waals surface area contributed by atoms with Crippen LogP contribution < -0.4 is 16.0 Å². The Bertz CT molecular complexity index is 849. The summed E-state index contributed by atoms with van der Waals surface area (Å²) in [4.78, 5) is 47.9. The molecule has 0 bridgehead atoms. The highest BCUT2D eigenvalue weighted by atomic mass is 32.1. The van der Waals surface area contributed by atoms with Gasteiger partial charge in [-0.2, -0.15) is 0 Å². The van der Waals surface area contributed by atoms with Crippen molar-refractivity contribution in [3.63, 3.8) is 0 Å². The highest BCUT2D eigenvalue weighted by Crippen LogP contribution is 2.15. The van der Waals surface area contributed by atoms with E-state index in [2.05, 4.69) is 16.0 Å². The molecule has 28 heavy (non-hydrogen) atoms. The van der Waals surface area contributed by atoms with E-state index >= 15 is 0 Å². The number of benzene rings is 1. The number of carbonyl (C=O) groups excluding carboxylic acids is 4. The molecule has 0 fully saturated rings. The van der Waals surface area contributed by atoms with E-state index in [4.69, 9.17) is 4.74 Å². The fourth-order valence-electron chi connectivity index (χ4n) is 2.14. The molecule has 2 aromatic rings. The first-order valence-electron chi connectivity index (χ1n) is 8.53. The summed E-state index contributed by atoms with van der Waals surface area (Å²) in [6.07, 6.45) is 0. The second-order valence-electron chi connectivity index (χ2n) is 6.09. The van der Waals surface area contributed by atoms with Crippen LogP contribution in [0.2, 0.25) is 0 Å². The van der Waals surface area contributed by atoms with Crippen LogP contribution in [0.1, 0.15) is 33.9 Å². The Morgan fingerprint density at radius 3 is 2.54 bits per heavy atom. The predicted molar refractivity (Wildman–Crippen MR) is 105 cm³/mol. The van der Waals surface area contributed by atoms with Gasteiger partial charge in [-0.15, -0.1) is 11.3 Å². The molecule has 0 aliphatic carbocycles. The molecular formula is C19H21N3O5S. The molecule has 2 rings (SSSR count). The zero-order chi connectivity index (χ0) is 20.5. The molecule has 1 heterocycles. The lowest BCUT2D eigenvalue weighted by molar-refractivity contribution is -0.128. The largest absolute Gasteiger partial charge is 0.452 e. The van der Waals surface area contributed by atoms with Crippen LogP contribution in [0.4, 0.5) is 5.69 Å². The van der Waals surface area contributed by atoms with Gasteiger partial charge in [-0.05, 0) is 43.5 Å². The molecule has 0 aliphatic rings. The monoisotopic (exact) mass is 403 g/mol. The normalized spacial score (nSPS) is 10.2. The highest BCUT2D eigenvalue weighted by Gasteiger charge is 2.13. The lowest BCUT2D eigenvalue weighted by Crippen LogP contribution is -2.41. The number of hydrogen-bond acceptors (Lipinski definition) is 6. The van der Waals surface area contributed by atoms with E-state index in [9.17, 15) is 19.2 Å². The van der Waals surface area contributed by atoms with Gasteiger partial charge < -0.3 is 20.7 Å². The number of thiophene rings is 1. The second-order valence-corrected chi connectivity index (χ2v) is 7.04. The van der Waals surface area contributed by atoms with Gasteiger partial charge in [0.15, 0.2) is 6.61 Å². The van der Waals surface area contributed by atoms with E-state index in [-0.39, 0.29) is 30.0 Å². The molecule has 9 heteroatoms. The molecule has 0 aliphatic heterocycles. The Morgan fingerprint density at radius 1 is 1.07 bits per heavy atom. The second kappa shape index (κ2) is 10.2. The summed E-state index contributed by atoms with van der Waals surface area (Å²) in [7, 11) is 0. The molecule has 0 saturated heterocycles. The highest BCUT2D eigenvalue weighted by molar-refractivity contribution is 7.12. The molecular weight excluding hydrogens is 382 g/mol. The number of anilines is 1. The number of hydrogen-bond donors (Lipinski definition) is 3. The Balaban J connectivity index is 1.83. The third-order valence-corrected chi connectivity index (χ3v) is 4.20. The van der Waals surface area contributed by atoms with Crippen LogP contribution in [0.15, 0.2) is 41.8 Å². The average Bonchev–Trinajstić information content (AvgIpc) is 3.19. The van der Waals surface area contributed by atoms with Crippen LogP contribution >= 0.6 is 11.3 Å². The third kappa shape index (κ3) is 6.84. The number of rotatable bonds is 8. The summed E-state index contributed by atoms with van der Waals surface area (Å²) in [5.74, 6) is -1.91. The molecule has 0 atom stereocenters. The Morgan fingerprint density at radius 2 is 1.86 bits per heavy atom. The van der Waals surface area contributed by atoms with Gasteiger partial charge in [0, 0.05) is 11.7 Å². The van der Waals surface area contributed by atoms with Crippen molar-refractivity contribution in [1.29, 1.82) is 0 Å². The molecule has 8 nitrogen and oxygen atoms in total. The van der Waals surface area contributed by atoms with Crippen molar-refractivity contribution in [2.45, 2.75) is 19.9 Å². The zero-order valence-corrected chi connectivity index (χ0v) is 16.3. The van der Waals surface area contributed by atoms with E-state index in [1.807, 2.05) is 0 Å². The van der Waals surface area contributed by atoms with Gasteiger partial charge in [-0.25, -0.2) is 4.79 Å². The number of ether oxygens (including phenoxy) is 1. The molecule has 1 aromatic carbocycles. The minimum absolute atomic E-state index is 0.0326. The van der Waals surface area contributed by atoms with Crippen LogP contribution in [0.5, 0.6) is 0 Å². The van der Waals surface area contributed by atoms with Crippen LogP contribution in [0.3, 0.4) is 0 Å². The van der Waals surface area contributed by atoms with E-state index in [0.717, 1.165) is 0 Å². The maximum Gasteiger partial charge on any atom is 0.338 e. The maximum absolute atomic E-state index is 12.1. The van der Waals surface area contributed by atoms with Gasteiger partial charge in [0.2, 0.25) is 5.91 Å². The quantitative estimate of drug-likeness (QED) is 0.582. The van der Waals surface area contributed by atoms with Crippen LogP contribution in [0.25, 0.3) is 0 Å². The summed E-state index contributed by atoms with van der Waals surface area (Å²) in [5, 5.41) is 9.47. The molecule has 0 unspecified atom stereocenters. The first-order chi connectivity index (χ1) is 13.3. The van der Waals surface area contributed by atoms with Crippen molar-refractivity contribution in [2.24, 2.45) is 0 Å². The molecule has 3 N–H and O–H groups in total. The third-order valence-electron chi connectivity index (χ3n) is 3.33. The van der Waals surface area contributed by atoms with Crippen molar-refractivity contribution < 1.29 is 23.9 Å². The minimum atomic E-state index is -0.714. The van der Waals surface area contributed by atoms with E-state index in [0.29, 0.717) is 10.6 Å². The average molecular weight is 403 g/mol. The minimum Gasteiger partial charge on any atom is -0.452 e. The van der Waals surface area contributed by atoms with Gasteiger partial charge in [0.25, 0.3) is 11.8 Å². The summed E-state index contributed by atoms with van der Waals surface area (Å²) in [6, 6.07) is 9.64. The van der Waals surface area contributed by atoms with Crippen LogP contribution in [0, 0.1) is 0 Å². The fraction of sp³-hybridized carbons (Fsp3) is 0.263. The fourth-order valence-corrected chi connectivity index (χ4v) is 2.76. The smallest absolute Gasteiger partial charge is 0.338 e. The van der Waals surface area contributed by atoms with Crippen molar-refractivity contribution in [3.05, 3.63) is 52.2 Å². The first-order valence-corrected chi connectivity index (χ1v) is 9.41. The lowest BCUT2D eigenvalue weighted by atomic mass is 10.2. The molecule has 1 aromatic heterocycles. The number of amides is 3. The van der Waals surface area contributed by atoms with Gasteiger partial charge in [-0.1, -0.05) is 12.1 Å². The van der Waals surface area contributed by atoms with E-state index in [1.165, 1.54) is 23.5 Å². The summed E-state index contributed by atoms with van der Waals surface area (Å²) < 4.78 is 4.94. The molecule has 0 radical (unpaired) electrons.